The SMILES string of the molecule is COCCOC(=O)[C@]1(OCCOC)CC[C@@H](c2cc(N(COCC[Si](C)(C)C)COCC[Si](C)(C)C)n3ncc(-c4ccc(-c5ccn(C)n5)nc4)c3n2)CC1. The molecule has 4 heterocycles. The van der Waals surface area contributed by atoms with Crippen LogP contribution in [0, 0.1) is 0 Å². The van der Waals surface area contributed by atoms with E-state index in [1.54, 1.807) is 18.9 Å². The number of hydrogen-bond acceptors (Lipinski definition) is 12. The molecule has 0 aromatic carbocycles. The summed E-state index contributed by atoms with van der Waals surface area (Å²) >= 11 is 0. The van der Waals surface area contributed by atoms with Crippen molar-refractivity contribution in [2.45, 2.75) is 88.6 Å². The van der Waals surface area contributed by atoms with Gasteiger partial charge in [0.05, 0.1) is 31.7 Å². The van der Waals surface area contributed by atoms with Gasteiger partial charge in [0, 0.05) is 91.8 Å². The second-order valence-electron chi connectivity index (χ2n) is 17.1. The minimum Gasteiger partial charge on any atom is -0.461 e. The Balaban J connectivity index is 1.51. The molecule has 0 spiro atoms. The molecule has 4 aromatic rings. The first kappa shape index (κ1) is 43.6. The standard InChI is InChI=1S/C40H63N7O7Si2/c1-45-17-14-35(44-45)34-11-10-32(27-41-34)33-28-42-47-37(46(29-51-22-24-55(4,5)6)30-52-23-25-56(7,8)9)26-36(43-38(33)47)31-12-15-40(16-13-31,54-21-19-50-3)39(48)53-20-18-49-2/h10-11,14,17,26-28,31H,12-13,15-16,18-25,29-30H2,1-9H3/t31-,40+. The smallest absolute Gasteiger partial charge is 0.338 e. The van der Waals surface area contributed by atoms with Crippen molar-refractivity contribution in [3.05, 3.63) is 48.5 Å². The molecule has 1 fully saturated rings. The van der Waals surface area contributed by atoms with E-state index in [4.69, 9.17) is 43.5 Å². The van der Waals surface area contributed by atoms with Gasteiger partial charge in [0.1, 0.15) is 31.6 Å². The molecule has 0 radical (unpaired) electrons. The number of rotatable bonds is 22. The zero-order valence-electron chi connectivity index (χ0n) is 35.0. The van der Waals surface area contributed by atoms with Crippen molar-refractivity contribution in [3.8, 4) is 22.5 Å². The lowest BCUT2D eigenvalue weighted by molar-refractivity contribution is -0.180. The number of ether oxygens (including phenoxy) is 6. The minimum atomic E-state index is -1.30. The molecule has 1 aliphatic carbocycles. The summed E-state index contributed by atoms with van der Waals surface area (Å²) in [5.74, 6) is 0.534. The highest BCUT2D eigenvalue weighted by molar-refractivity contribution is 6.76. The number of anilines is 1. The maximum Gasteiger partial charge on any atom is 0.338 e. The summed E-state index contributed by atoms with van der Waals surface area (Å²) in [7, 11) is 2.50. The number of esters is 1. The predicted octanol–water partition coefficient (Wildman–Crippen LogP) is 6.87. The van der Waals surface area contributed by atoms with Gasteiger partial charge in [-0.05, 0) is 49.9 Å². The van der Waals surface area contributed by atoms with Crippen molar-refractivity contribution in [2.24, 2.45) is 7.05 Å². The number of carbonyl (C=O) groups is 1. The Morgan fingerprint density at radius 3 is 2.09 bits per heavy atom. The van der Waals surface area contributed by atoms with Crippen molar-refractivity contribution in [1.29, 1.82) is 0 Å². The number of methoxy groups -OCH3 is 2. The van der Waals surface area contributed by atoms with Crippen molar-refractivity contribution in [3.63, 3.8) is 0 Å². The Hall–Kier alpha value is -3.52. The molecule has 0 unspecified atom stereocenters. The summed E-state index contributed by atoms with van der Waals surface area (Å²) in [6.07, 6.45) is 7.95. The van der Waals surface area contributed by atoms with Gasteiger partial charge in [0.2, 0.25) is 0 Å². The Morgan fingerprint density at radius 2 is 1.52 bits per heavy atom. The van der Waals surface area contributed by atoms with Gasteiger partial charge >= 0.3 is 5.97 Å². The molecular weight excluding hydrogens is 747 g/mol. The van der Waals surface area contributed by atoms with E-state index in [2.05, 4.69) is 55.3 Å². The molecule has 0 bridgehead atoms. The van der Waals surface area contributed by atoms with Gasteiger partial charge in [-0.2, -0.15) is 14.7 Å². The highest BCUT2D eigenvalue weighted by Gasteiger charge is 2.45. The number of nitrogens with zero attached hydrogens (tertiary/aromatic N) is 7. The number of aryl methyl sites for hydroxylation is 1. The van der Waals surface area contributed by atoms with Crippen molar-refractivity contribution >= 4 is 33.6 Å². The van der Waals surface area contributed by atoms with Crippen LogP contribution in [0.2, 0.25) is 51.4 Å². The van der Waals surface area contributed by atoms with E-state index in [0.29, 0.717) is 77.8 Å². The van der Waals surface area contributed by atoms with Gasteiger partial charge in [-0.15, -0.1) is 0 Å². The Kier molecular flexibility index (Phi) is 15.4. The van der Waals surface area contributed by atoms with E-state index in [1.165, 1.54) is 0 Å². The molecule has 0 saturated heterocycles. The van der Waals surface area contributed by atoms with Gasteiger partial charge < -0.3 is 33.3 Å². The lowest BCUT2D eigenvalue weighted by Gasteiger charge is -2.38. The number of aromatic nitrogens is 6. The van der Waals surface area contributed by atoms with Crippen molar-refractivity contribution < 1.29 is 33.2 Å². The third kappa shape index (κ3) is 12.0. The number of pyridine rings is 1. The van der Waals surface area contributed by atoms with Crippen molar-refractivity contribution in [2.75, 3.05) is 72.2 Å². The normalized spacial score (nSPS) is 17.8. The van der Waals surface area contributed by atoms with Gasteiger partial charge in [-0.3, -0.25) is 9.67 Å². The van der Waals surface area contributed by atoms with E-state index in [9.17, 15) is 4.79 Å². The second kappa shape index (κ2) is 19.8. The topological polar surface area (TPSA) is 137 Å². The van der Waals surface area contributed by atoms with Gasteiger partial charge in [0.15, 0.2) is 11.2 Å². The molecular formula is C40H63N7O7Si2. The van der Waals surface area contributed by atoms with Gasteiger partial charge in [-0.1, -0.05) is 45.3 Å². The molecule has 0 atom stereocenters. The van der Waals surface area contributed by atoms with Crippen molar-refractivity contribution in [1.82, 2.24) is 29.4 Å². The van der Waals surface area contributed by atoms with E-state index in [1.807, 2.05) is 48.4 Å². The maximum atomic E-state index is 13.5. The van der Waals surface area contributed by atoms with Crippen LogP contribution >= 0.6 is 0 Å². The average Bonchev–Trinajstić information content (AvgIpc) is 3.80. The van der Waals surface area contributed by atoms with Gasteiger partial charge in [-0.25, -0.2) is 9.78 Å². The molecule has 0 N–H and O–H groups in total. The molecule has 0 amide bonds. The first-order chi connectivity index (χ1) is 26.7. The van der Waals surface area contributed by atoms with Crippen LogP contribution in [0.1, 0.15) is 37.3 Å². The zero-order chi connectivity index (χ0) is 40.3. The Bertz CT molecular complexity index is 1810. The molecule has 308 valence electrons. The average molecular weight is 810 g/mol. The molecule has 5 rings (SSSR count). The van der Waals surface area contributed by atoms with Crippen LogP contribution in [0.5, 0.6) is 0 Å². The fraction of sp³-hybridized carbons (Fsp3) is 0.625. The highest BCUT2D eigenvalue weighted by Crippen LogP contribution is 2.42. The molecule has 14 nitrogen and oxygen atoms in total. The van der Waals surface area contributed by atoms with Crippen LogP contribution in [0.3, 0.4) is 0 Å². The number of fused-ring (bicyclic) bond motifs is 1. The molecule has 0 aliphatic heterocycles. The molecule has 1 aliphatic rings. The summed E-state index contributed by atoms with van der Waals surface area (Å²) in [6, 6.07) is 10.2. The molecule has 4 aromatic heterocycles. The summed E-state index contributed by atoms with van der Waals surface area (Å²) in [6.45, 7) is 17.4. The molecule has 16 heteroatoms. The molecule has 1 saturated carbocycles. The second-order valence-corrected chi connectivity index (χ2v) is 28.4. The van der Waals surface area contributed by atoms with Crippen LogP contribution in [0.4, 0.5) is 5.82 Å². The van der Waals surface area contributed by atoms with Crippen LogP contribution in [-0.2, 0) is 40.3 Å². The largest absolute Gasteiger partial charge is 0.461 e. The summed E-state index contributed by atoms with van der Waals surface area (Å²) in [4.78, 5) is 25.7. The summed E-state index contributed by atoms with van der Waals surface area (Å²) < 4.78 is 38.7. The third-order valence-electron chi connectivity index (χ3n) is 10.1. The van der Waals surface area contributed by atoms with E-state index >= 15 is 0 Å². The third-order valence-corrected chi connectivity index (χ3v) is 13.5. The monoisotopic (exact) mass is 809 g/mol. The quantitative estimate of drug-likeness (QED) is 0.0355. The maximum absolute atomic E-state index is 13.5. The summed E-state index contributed by atoms with van der Waals surface area (Å²) in [5.41, 5.74) is 3.93. The number of carbonyl (C=O) groups excluding carboxylic acids is 1. The van der Waals surface area contributed by atoms with E-state index in [0.717, 1.165) is 46.1 Å². The first-order valence-electron chi connectivity index (χ1n) is 19.8. The first-order valence-corrected chi connectivity index (χ1v) is 27.2. The number of hydrogen-bond donors (Lipinski definition) is 0. The van der Waals surface area contributed by atoms with E-state index in [-0.39, 0.29) is 18.5 Å². The predicted molar refractivity (Wildman–Crippen MR) is 223 cm³/mol. The van der Waals surface area contributed by atoms with Crippen LogP contribution in [0.25, 0.3) is 28.2 Å². The molecule has 56 heavy (non-hydrogen) atoms. The van der Waals surface area contributed by atoms with Gasteiger partial charge in [0.25, 0.3) is 0 Å². The zero-order valence-corrected chi connectivity index (χ0v) is 37.0. The Labute approximate surface area is 334 Å². The van der Waals surface area contributed by atoms with Crippen LogP contribution in [0.15, 0.2) is 42.9 Å². The Morgan fingerprint density at radius 1 is 0.857 bits per heavy atom. The lowest BCUT2D eigenvalue weighted by atomic mass is 9.77. The highest BCUT2D eigenvalue weighted by atomic mass is 28.3. The lowest BCUT2D eigenvalue weighted by Crippen LogP contribution is -2.46. The fourth-order valence-corrected chi connectivity index (χ4v) is 8.11. The van der Waals surface area contributed by atoms with Crippen LogP contribution in [-0.4, -0.2) is 124 Å². The summed E-state index contributed by atoms with van der Waals surface area (Å²) in [5, 5.41) is 9.43. The van der Waals surface area contributed by atoms with E-state index < -0.39 is 21.7 Å². The minimum absolute atomic E-state index is 0.0551. The van der Waals surface area contributed by atoms with Crippen LogP contribution < -0.4 is 4.90 Å². The fourth-order valence-electron chi connectivity index (χ4n) is 6.59.